The minimum absolute atomic E-state index is 0.105. The highest BCUT2D eigenvalue weighted by Gasteiger charge is 2.16. The Kier molecular flexibility index (Phi) is 4.58. The number of carbonyl (C=O) groups excluding carboxylic acids is 1. The Labute approximate surface area is 150 Å². The van der Waals surface area contributed by atoms with Gasteiger partial charge >= 0.3 is 5.76 Å². The molecule has 2 heterocycles. The third-order valence-corrected chi connectivity index (χ3v) is 4.86. The van der Waals surface area contributed by atoms with E-state index in [1.54, 1.807) is 12.1 Å². The van der Waals surface area contributed by atoms with Gasteiger partial charge in [0.2, 0.25) is 0 Å². The maximum atomic E-state index is 12.5. The summed E-state index contributed by atoms with van der Waals surface area (Å²) >= 11 is 0. The van der Waals surface area contributed by atoms with Crippen molar-refractivity contribution < 1.29 is 9.21 Å². The molecule has 0 spiro atoms. The van der Waals surface area contributed by atoms with E-state index >= 15 is 0 Å². The van der Waals surface area contributed by atoms with Crippen LogP contribution in [0.3, 0.4) is 0 Å². The summed E-state index contributed by atoms with van der Waals surface area (Å²) in [6.45, 7) is 2.41. The van der Waals surface area contributed by atoms with Crippen LogP contribution in [0.1, 0.15) is 40.2 Å². The number of H-pyrrole nitrogens is 1. The molecule has 1 atom stereocenters. The number of nitrogens with one attached hydrogen (secondary N) is 3. The Bertz CT molecular complexity index is 983. The van der Waals surface area contributed by atoms with Crippen LogP contribution in [0.25, 0.3) is 11.1 Å². The van der Waals surface area contributed by atoms with Crippen molar-refractivity contribution in [2.45, 2.75) is 25.3 Å². The fourth-order valence-electron chi connectivity index (χ4n) is 3.45. The Hall–Kier alpha value is -2.86. The van der Waals surface area contributed by atoms with Gasteiger partial charge in [0.05, 0.1) is 5.52 Å². The first kappa shape index (κ1) is 16.6. The van der Waals surface area contributed by atoms with Gasteiger partial charge in [-0.15, -0.1) is 0 Å². The number of aromatic nitrogens is 1. The van der Waals surface area contributed by atoms with Crippen molar-refractivity contribution in [1.29, 1.82) is 0 Å². The predicted molar refractivity (Wildman–Crippen MR) is 99.3 cm³/mol. The number of benzene rings is 2. The molecule has 1 aliphatic heterocycles. The van der Waals surface area contributed by atoms with Gasteiger partial charge in [0, 0.05) is 18.7 Å². The topological polar surface area (TPSA) is 87.1 Å². The van der Waals surface area contributed by atoms with Gasteiger partial charge in [0.1, 0.15) is 0 Å². The van der Waals surface area contributed by atoms with Crippen LogP contribution in [0, 0.1) is 0 Å². The van der Waals surface area contributed by atoms with E-state index in [4.69, 9.17) is 4.42 Å². The van der Waals surface area contributed by atoms with E-state index in [1.165, 1.54) is 12.0 Å². The van der Waals surface area contributed by atoms with Gasteiger partial charge in [-0.3, -0.25) is 9.78 Å². The van der Waals surface area contributed by atoms with E-state index in [1.807, 2.05) is 24.3 Å². The van der Waals surface area contributed by atoms with Crippen molar-refractivity contribution in [3.05, 3.63) is 69.7 Å². The Balaban J connectivity index is 1.44. The summed E-state index contributed by atoms with van der Waals surface area (Å²) < 4.78 is 5.05. The normalized spacial score (nSPS) is 17.3. The van der Waals surface area contributed by atoms with Crippen LogP contribution >= 0.6 is 0 Å². The number of carbonyl (C=O) groups is 1. The quantitative estimate of drug-likeness (QED) is 0.674. The zero-order valence-electron chi connectivity index (χ0n) is 14.4. The maximum absolute atomic E-state index is 12.5. The molecule has 1 amide bonds. The molecule has 3 aromatic rings. The molecule has 3 N–H and O–H groups in total. The second-order valence-corrected chi connectivity index (χ2v) is 6.70. The average molecular weight is 351 g/mol. The van der Waals surface area contributed by atoms with Crippen molar-refractivity contribution in [2.75, 3.05) is 13.1 Å². The number of rotatable bonds is 4. The van der Waals surface area contributed by atoms with Gasteiger partial charge in [0.15, 0.2) is 5.58 Å². The van der Waals surface area contributed by atoms with Gasteiger partial charge in [-0.2, -0.15) is 0 Å². The molecule has 6 heteroatoms. The molecule has 1 aromatic heterocycles. The van der Waals surface area contributed by atoms with Crippen molar-refractivity contribution in [1.82, 2.24) is 15.6 Å². The Morgan fingerprint density at radius 2 is 2.15 bits per heavy atom. The number of piperidine rings is 1. The summed E-state index contributed by atoms with van der Waals surface area (Å²) in [4.78, 5) is 26.3. The number of hydrogen-bond donors (Lipinski definition) is 3. The summed E-state index contributed by atoms with van der Waals surface area (Å²) in [7, 11) is 0. The monoisotopic (exact) mass is 351 g/mol. The van der Waals surface area contributed by atoms with Gasteiger partial charge < -0.3 is 15.1 Å². The number of fused-ring (bicyclic) bond motifs is 1. The smallest absolute Gasteiger partial charge is 0.408 e. The minimum Gasteiger partial charge on any atom is -0.408 e. The van der Waals surface area contributed by atoms with Gasteiger partial charge in [-0.25, -0.2) is 4.79 Å². The maximum Gasteiger partial charge on any atom is 0.417 e. The summed E-state index contributed by atoms with van der Waals surface area (Å²) in [5.41, 5.74) is 3.90. The molecule has 0 saturated carbocycles. The lowest BCUT2D eigenvalue weighted by Gasteiger charge is -2.23. The predicted octanol–water partition coefficient (Wildman–Crippen LogP) is 2.52. The Morgan fingerprint density at radius 1 is 1.23 bits per heavy atom. The minimum atomic E-state index is -0.477. The number of hydrogen-bond acceptors (Lipinski definition) is 4. The molecule has 1 aliphatic rings. The van der Waals surface area contributed by atoms with E-state index < -0.39 is 5.76 Å². The summed E-state index contributed by atoms with van der Waals surface area (Å²) in [5, 5.41) is 6.34. The highest BCUT2D eigenvalue weighted by Crippen LogP contribution is 2.23. The van der Waals surface area contributed by atoms with E-state index in [2.05, 4.69) is 21.7 Å². The number of aromatic amines is 1. The highest BCUT2D eigenvalue weighted by molar-refractivity contribution is 5.94. The number of amides is 1. The Morgan fingerprint density at radius 3 is 3.00 bits per heavy atom. The van der Waals surface area contributed by atoms with E-state index in [0.29, 0.717) is 29.1 Å². The fraction of sp³-hybridized carbons (Fsp3) is 0.300. The third-order valence-electron chi connectivity index (χ3n) is 4.86. The fourth-order valence-corrected chi connectivity index (χ4v) is 3.45. The van der Waals surface area contributed by atoms with Gasteiger partial charge in [0.25, 0.3) is 5.91 Å². The van der Waals surface area contributed by atoms with Crippen molar-refractivity contribution in [2.24, 2.45) is 0 Å². The summed E-state index contributed by atoms with van der Waals surface area (Å²) in [6.07, 6.45) is 2.32. The van der Waals surface area contributed by atoms with Crippen molar-refractivity contribution >= 4 is 17.0 Å². The average Bonchev–Trinajstić information content (AvgIpc) is 3.06. The molecule has 0 bridgehead atoms. The summed E-state index contributed by atoms with van der Waals surface area (Å²) in [6, 6.07) is 13.3. The van der Waals surface area contributed by atoms with E-state index in [9.17, 15) is 9.59 Å². The molecular formula is C20H21N3O3. The SMILES string of the molecule is O=C(NCc1ccc2[nH]c(=O)oc2c1)c1cccc(C2CCCNC2)c1. The zero-order chi connectivity index (χ0) is 17.9. The van der Waals surface area contributed by atoms with Crippen LogP contribution in [-0.2, 0) is 6.54 Å². The molecule has 26 heavy (non-hydrogen) atoms. The molecule has 1 unspecified atom stereocenters. The second-order valence-electron chi connectivity index (χ2n) is 6.70. The lowest BCUT2D eigenvalue weighted by molar-refractivity contribution is 0.0950. The van der Waals surface area contributed by atoms with Crippen LogP contribution in [0.4, 0.5) is 0 Å². The lowest BCUT2D eigenvalue weighted by atomic mass is 9.90. The molecule has 0 aliphatic carbocycles. The largest absolute Gasteiger partial charge is 0.417 e. The second kappa shape index (κ2) is 7.17. The van der Waals surface area contributed by atoms with Crippen molar-refractivity contribution in [3.8, 4) is 0 Å². The van der Waals surface area contributed by atoms with Crippen LogP contribution in [0.2, 0.25) is 0 Å². The van der Waals surface area contributed by atoms with Gasteiger partial charge in [-0.05, 0) is 60.7 Å². The van der Waals surface area contributed by atoms with Crippen LogP contribution in [-0.4, -0.2) is 24.0 Å². The lowest BCUT2D eigenvalue weighted by Crippen LogP contribution is -2.28. The van der Waals surface area contributed by atoms with Crippen LogP contribution in [0.15, 0.2) is 51.7 Å². The number of oxazole rings is 1. The molecule has 1 saturated heterocycles. The summed E-state index contributed by atoms with van der Waals surface area (Å²) in [5.74, 6) is -0.114. The van der Waals surface area contributed by atoms with E-state index in [-0.39, 0.29) is 5.91 Å². The molecule has 6 nitrogen and oxygen atoms in total. The highest BCUT2D eigenvalue weighted by atomic mass is 16.4. The van der Waals surface area contributed by atoms with E-state index in [0.717, 1.165) is 25.1 Å². The molecule has 4 rings (SSSR count). The first-order chi connectivity index (χ1) is 12.7. The molecular weight excluding hydrogens is 330 g/mol. The molecule has 2 aromatic carbocycles. The zero-order valence-corrected chi connectivity index (χ0v) is 14.4. The van der Waals surface area contributed by atoms with Gasteiger partial charge in [-0.1, -0.05) is 18.2 Å². The van der Waals surface area contributed by atoms with Crippen LogP contribution < -0.4 is 16.4 Å². The van der Waals surface area contributed by atoms with Crippen LogP contribution in [0.5, 0.6) is 0 Å². The molecule has 1 fully saturated rings. The molecule has 0 radical (unpaired) electrons. The standard InChI is InChI=1S/C20H21N3O3/c24-19(15-4-1-3-14(10-15)16-5-2-8-21-12-16)22-11-13-6-7-17-18(9-13)26-20(25)23-17/h1,3-4,6-7,9-10,16,21H,2,5,8,11-12H2,(H,22,24)(H,23,25). The first-order valence-electron chi connectivity index (χ1n) is 8.90. The third kappa shape index (κ3) is 3.55. The molecule has 134 valence electrons. The van der Waals surface area contributed by atoms with Crippen molar-refractivity contribution in [3.63, 3.8) is 0 Å². The first-order valence-corrected chi connectivity index (χ1v) is 8.90.